The third kappa shape index (κ3) is 4.33. The molecule has 0 aliphatic carbocycles. The molecule has 5 nitrogen and oxygen atoms in total. The molecule has 0 aromatic carbocycles. The smallest absolute Gasteiger partial charge is 0.263 e. The van der Waals surface area contributed by atoms with Gasteiger partial charge < -0.3 is 5.32 Å². The summed E-state index contributed by atoms with van der Waals surface area (Å²) >= 11 is 2.82. The van der Waals surface area contributed by atoms with Crippen LogP contribution in [0.5, 0.6) is 0 Å². The van der Waals surface area contributed by atoms with Crippen LogP contribution >= 0.6 is 23.1 Å². The highest BCUT2D eigenvalue weighted by molar-refractivity contribution is 7.99. The molecule has 2 rings (SSSR count). The van der Waals surface area contributed by atoms with Crippen LogP contribution in [-0.2, 0) is 11.3 Å². The van der Waals surface area contributed by atoms with Crippen molar-refractivity contribution >= 4 is 39.2 Å². The second-order valence-corrected chi connectivity index (χ2v) is 8.08. The number of aryl methyl sites for hydroxylation is 2. The fraction of sp³-hybridized carbons (Fsp3) is 0.500. The first-order chi connectivity index (χ1) is 11.9. The predicted octanol–water partition coefficient (Wildman–Crippen LogP) is 3.66. The number of thiophene rings is 1. The van der Waals surface area contributed by atoms with Gasteiger partial charge in [0.25, 0.3) is 5.56 Å². The van der Waals surface area contributed by atoms with Crippen LogP contribution in [0.1, 0.15) is 37.1 Å². The van der Waals surface area contributed by atoms with Gasteiger partial charge in [-0.1, -0.05) is 31.7 Å². The van der Waals surface area contributed by atoms with Crippen LogP contribution in [0, 0.1) is 13.8 Å². The third-order valence-corrected chi connectivity index (χ3v) is 6.33. The van der Waals surface area contributed by atoms with Gasteiger partial charge in [0, 0.05) is 17.5 Å². The Morgan fingerprint density at radius 3 is 2.68 bits per heavy atom. The number of thioether (sulfide) groups is 1. The molecule has 0 atom stereocenters. The maximum Gasteiger partial charge on any atom is 0.263 e. The summed E-state index contributed by atoms with van der Waals surface area (Å²) in [4.78, 5) is 31.5. The zero-order chi connectivity index (χ0) is 18.6. The van der Waals surface area contributed by atoms with Gasteiger partial charge in [0.05, 0.1) is 11.1 Å². The van der Waals surface area contributed by atoms with E-state index >= 15 is 0 Å². The zero-order valence-electron chi connectivity index (χ0n) is 15.2. The summed E-state index contributed by atoms with van der Waals surface area (Å²) < 4.78 is 1.60. The normalized spacial score (nSPS) is 11.2. The molecule has 0 aliphatic rings. The lowest BCUT2D eigenvalue weighted by Gasteiger charge is -2.15. The number of amides is 1. The fourth-order valence-corrected chi connectivity index (χ4v) is 4.49. The average molecular weight is 380 g/mol. The number of fused-ring (bicyclic) bond motifs is 1. The Morgan fingerprint density at radius 2 is 2.08 bits per heavy atom. The number of rotatable bonds is 8. The van der Waals surface area contributed by atoms with Gasteiger partial charge in [0.15, 0.2) is 5.16 Å². The van der Waals surface area contributed by atoms with Crippen LogP contribution in [0.2, 0.25) is 0 Å². The highest BCUT2D eigenvalue weighted by atomic mass is 32.2. The number of aromatic nitrogens is 2. The van der Waals surface area contributed by atoms with E-state index in [0.29, 0.717) is 17.1 Å². The Kier molecular flexibility index (Phi) is 6.84. The van der Waals surface area contributed by atoms with E-state index in [1.165, 1.54) is 23.1 Å². The van der Waals surface area contributed by atoms with Crippen LogP contribution in [0.25, 0.3) is 10.2 Å². The molecule has 25 heavy (non-hydrogen) atoms. The van der Waals surface area contributed by atoms with Crippen molar-refractivity contribution in [2.75, 3.05) is 5.75 Å². The highest BCUT2D eigenvalue weighted by Crippen LogP contribution is 2.28. The molecular weight excluding hydrogens is 354 g/mol. The number of allylic oxidation sites excluding steroid dienone is 1. The predicted molar refractivity (Wildman–Crippen MR) is 107 cm³/mol. The van der Waals surface area contributed by atoms with Crippen molar-refractivity contribution in [3.8, 4) is 0 Å². The number of carbonyl (C=O) groups is 1. The van der Waals surface area contributed by atoms with E-state index in [-0.39, 0.29) is 23.3 Å². The minimum Gasteiger partial charge on any atom is -0.353 e. The Morgan fingerprint density at radius 1 is 1.40 bits per heavy atom. The highest BCUT2D eigenvalue weighted by Gasteiger charge is 2.17. The fourth-order valence-electron chi connectivity index (χ4n) is 2.60. The molecule has 0 unspecified atom stereocenters. The SMILES string of the molecule is C=CCn1c(SCC(=O)NC(CC)CC)nc2sc(C)c(C)c2c1=O. The van der Waals surface area contributed by atoms with Crippen molar-refractivity contribution in [3.63, 3.8) is 0 Å². The van der Waals surface area contributed by atoms with Crippen molar-refractivity contribution in [1.29, 1.82) is 0 Å². The molecule has 0 fully saturated rings. The van der Waals surface area contributed by atoms with Crippen LogP contribution in [0.4, 0.5) is 0 Å². The maximum absolute atomic E-state index is 12.9. The van der Waals surface area contributed by atoms with Gasteiger partial charge in [-0.2, -0.15) is 0 Å². The molecule has 2 heterocycles. The topological polar surface area (TPSA) is 64.0 Å². The van der Waals surface area contributed by atoms with Gasteiger partial charge in [0.2, 0.25) is 5.91 Å². The van der Waals surface area contributed by atoms with Gasteiger partial charge in [-0.25, -0.2) is 4.98 Å². The average Bonchev–Trinajstić information content (AvgIpc) is 2.88. The monoisotopic (exact) mass is 379 g/mol. The molecule has 0 radical (unpaired) electrons. The van der Waals surface area contributed by atoms with E-state index in [1.54, 1.807) is 10.6 Å². The van der Waals surface area contributed by atoms with E-state index < -0.39 is 0 Å². The van der Waals surface area contributed by atoms with Crippen molar-refractivity contribution < 1.29 is 4.79 Å². The molecule has 0 spiro atoms. The summed E-state index contributed by atoms with van der Waals surface area (Å²) in [5.74, 6) is 0.214. The molecule has 2 aromatic heterocycles. The summed E-state index contributed by atoms with van der Waals surface area (Å²) in [5.41, 5.74) is 0.924. The summed E-state index contributed by atoms with van der Waals surface area (Å²) in [6.07, 6.45) is 3.50. The van der Waals surface area contributed by atoms with Gasteiger partial charge in [0.1, 0.15) is 4.83 Å². The zero-order valence-corrected chi connectivity index (χ0v) is 16.9. The van der Waals surface area contributed by atoms with E-state index in [0.717, 1.165) is 28.1 Å². The molecule has 0 bridgehead atoms. The summed E-state index contributed by atoms with van der Waals surface area (Å²) in [5, 5.41) is 4.25. The van der Waals surface area contributed by atoms with Crippen molar-refractivity contribution in [1.82, 2.24) is 14.9 Å². The molecule has 1 amide bonds. The van der Waals surface area contributed by atoms with Gasteiger partial charge in [-0.15, -0.1) is 17.9 Å². The molecular formula is C18H25N3O2S2. The number of hydrogen-bond donors (Lipinski definition) is 1. The Labute approximate surface area is 156 Å². The number of nitrogens with zero attached hydrogens (tertiary/aromatic N) is 2. The van der Waals surface area contributed by atoms with Crippen molar-refractivity contribution in [3.05, 3.63) is 33.4 Å². The van der Waals surface area contributed by atoms with Crippen molar-refractivity contribution in [2.24, 2.45) is 0 Å². The lowest BCUT2D eigenvalue weighted by Crippen LogP contribution is -2.35. The molecule has 136 valence electrons. The molecule has 0 saturated heterocycles. The number of hydrogen-bond acceptors (Lipinski definition) is 5. The van der Waals surface area contributed by atoms with E-state index in [9.17, 15) is 9.59 Å². The second-order valence-electron chi connectivity index (χ2n) is 5.93. The standard InChI is InChI=1S/C18H25N3O2S2/c1-6-9-21-17(23)15-11(4)12(5)25-16(15)20-18(21)24-10-14(22)19-13(7-2)8-3/h6,13H,1,7-10H2,2-5H3,(H,19,22). The van der Waals surface area contributed by atoms with E-state index in [2.05, 4.69) is 30.7 Å². The number of carbonyl (C=O) groups excluding carboxylic acids is 1. The van der Waals surface area contributed by atoms with Gasteiger partial charge in [-0.3, -0.25) is 14.2 Å². The Bertz CT molecular complexity index is 835. The third-order valence-electron chi connectivity index (χ3n) is 4.25. The lowest BCUT2D eigenvalue weighted by molar-refractivity contribution is -0.119. The molecule has 2 aromatic rings. The van der Waals surface area contributed by atoms with Crippen molar-refractivity contribution in [2.45, 2.75) is 58.3 Å². The first kappa shape index (κ1) is 19.7. The first-order valence-electron chi connectivity index (χ1n) is 8.46. The van der Waals surface area contributed by atoms with E-state index in [1.807, 2.05) is 13.8 Å². The largest absolute Gasteiger partial charge is 0.353 e. The van der Waals surface area contributed by atoms with Gasteiger partial charge >= 0.3 is 0 Å². The minimum atomic E-state index is -0.0605. The minimum absolute atomic E-state index is 0.0308. The summed E-state index contributed by atoms with van der Waals surface area (Å²) in [6, 6.07) is 0.196. The van der Waals surface area contributed by atoms with E-state index in [4.69, 9.17) is 0 Å². The van der Waals surface area contributed by atoms with Crippen LogP contribution in [-0.4, -0.2) is 27.3 Å². The van der Waals surface area contributed by atoms with Crippen LogP contribution in [0.3, 0.4) is 0 Å². The summed E-state index contributed by atoms with van der Waals surface area (Å²) in [6.45, 7) is 12.2. The number of nitrogens with one attached hydrogen (secondary N) is 1. The van der Waals surface area contributed by atoms with Crippen LogP contribution < -0.4 is 10.9 Å². The molecule has 0 saturated carbocycles. The van der Waals surface area contributed by atoms with Crippen LogP contribution in [0.15, 0.2) is 22.6 Å². The Hall–Kier alpha value is -1.60. The molecule has 0 aliphatic heterocycles. The molecule has 1 N–H and O–H groups in total. The van der Waals surface area contributed by atoms with Gasteiger partial charge in [-0.05, 0) is 32.3 Å². The maximum atomic E-state index is 12.9. The Balaban J connectivity index is 2.30. The second kappa shape index (κ2) is 8.67. The molecule has 7 heteroatoms. The first-order valence-corrected chi connectivity index (χ1v) is 10.3. The summed E-state index contributed by atoms with van der Waals surface area (Å²) in [7, 11) is 0. The lowest BCUT2D eigenvalue weighted by atomic mass is 10.2. The quantitative estimate of drug-likeness (QED) is 0.432.